The molecule has 168 valence electrons. The number of carbonyl (C=O) groups excluding carboxylic acids is 2. The second kappa shape index (κ2) is 8.91. The normalized spacial score (nSPS) is 15.6. The number of pyridine rings is 1. The minimum Gasteiger partial charge on any atom is -0.325 e. The number of hydrogen-bond acceptors (Lipinski definition) is 5. The SMILES string of the molecule is Cc1nn(C)c2ncc(NC(=O)N3CCN(C(C)C(=O)Nc4cccc(F)c4)CC3)cc12. The quantitative estimate of drug-likeness (QED) is 0.652. The molecule has 3 aromatic rings. The van der Waals surface area contributed by atoms with Gasteiger partial charge in [-0.15, -0.1) is 0 Å². The topological polar surface area (TPSA) is 95.4 Å². The monoisotopic (exact) mass is 439 g/mol. The number of nitrogens with one attached hydrogen (secondary N) is 2. The highest BCUT2D eigenvalue weighted by Crippen LogP contribution is 2.20. The second-order valence-electron chi connectivity index (χ2n) is 7.93. The van der Waals surface area contributed by atoms with Crippen LogP contribution in [0.25, 0.3) is 11.0 Å². The van der Waals surface area contributed by atoms with Crippen LogP contribution in [0.1, 0.15) is 12.6 Å². The number of fused-ring (bicyclic) bond motifs is 1. The number of carbonyl (C=O) groups is 2. The number of benzene rings is 1. The van der Waals surface area contributed by atoms with Gasteiger partial charge in [-0.1, -0.05) is 6.07 Å². The molecule has 0 spiro atoms. The Bertz CT molecular complexity index is 1150. The maximum atomic E-state index is 13.3. The summed E-state index contributed by atoms with van der Waals surface area (Å²) in [5.41, 5.74) is 2.66. The largest absolute Gasteiger partial charge is 0.325 e. The Kier molecular flexibility index (Phi) is 6.04. The highest BCUT2D eigenvalue weighted by Gasteiger charge is 2.27. The molecule has 10 heteroatoms. The Labute approximate surface area is 185 Å². The van der Waals surface area contributed by atoms with Crippen LogP contribution in [0.2, 0.25) is 0 Å². The molecular formula is C22H26FN7O2. The summed E-state index contributed by atoms with van der Waals surface area (Å²) in [7, 11) is 1.83. The third-order valence-electron chi connectivity index (χ3n) is 5.74. The molecular weight excluding hydrogens is 413 g/mol. The number of nitrogens with zero attached hydrogens (tertiary/aromatic N) is 5. The number of rotatable bonds is 4. The van der Waals surface area contributed by atoms with Crippen molar-refractivity contribution in [3.63, 3.8) is 0 Å². The van der Waals surface area contributed by atoms with Gasteiger partial charge in [-0.2, -0.15) is 5.10 Å². The molecule has 3 amide bonds. The predicted octanol–water partition coefficient (Wildman–Crippen LogP) is 2.59. The summed E-state index contributed by atoms with van der Waals surface area (Å²) in [4.78, 5) is 33.4. The van der Waals surface area contributed by atoms with E-state index in [2.05, 4.69) is 20.7 Å². The van der Waals surface area contributed by atoms with Crippen LogP contribution in [0.4, 0.5) is 20.6 Å². The summed E-state index contributed by atoms with van der Waals surface area (Å²) in [5.74, 6) is -0.608. The minimum atomic E-state index is -0.400. The zero-order valence-electron chi connectivity index (χ0n) is 18.3. The Morgan fingerprint density at radius 2 is 1.84 bits per heavy atom. The van der Waals surface area contributed by atoms with E-state index in [4.69, 9.17) is 0 Å². The van der Waals surface area contributed by atoms with E-state index in [1.807, 2.05) is 31.9 Å². The molecule has 9 nitrogen and oxygen atoms in total. The summed E-state index contributed by atoms with van der Waals surface area (Å²) < 4.78 is 15.0. The van der Waals surface area contributed by atoms with Crippen LogP contribution in [0.5, 0.6) is 0 Å². The van der Waals surface area contributed by atoms with Crippen LogP contribution in [0.15, 0.2) is 36.5 Å². The number of amides is 3. The minimum absolute atomic E-state index is 0.204. The molecule has 1 atom stereocenters. The molecule has 2 aromatic heterocycles. The van der Waals surface area contributed by atoms with Gasteiger partial charge >= 0.3 is 6.03 Å². The maximum Gasteiger partial charge on any atom is 0.321 e. The highest BCUT2D eigenvalue weighted by atomic mass is 19.1. The second-order valence-corrected chi connectivity index (χ2v) is 7.93. The van der Waals surface area contributed by atoms with Gasteiger partial charge in [0.15, 0.2) is 5.65 Å². The molecule has 1 aromatic carbocycles. The fourth-order valence-corrected chi connectivity index (χ4v) is 3.87. The van der Waals surface area contributed by atoms with Gasteiger partial charge in [0.2, 0.25) is 5.91 Å². The van der Waals surface area contributed by atoms with E-state index in [0.717, 1.165) is 16.7 Å². The van der Waals surface area contributed by atoms with Gasteiger partial charge in [-0.05, 0) is 38.1 Å². The molecule has 1 fully saturated rings. The Morgan fingerprint density at radius 3 is 2.56 bits per heavy atom. The summed E-state index contributed by atoms with van der Waals surface area (Å²) >= 11 is 0. The van der Waals surface area contributed by atoms with Crippen molar-refractivity contribution < 1.29 is 14.0 Å². The first-order chi connectivity index (χ1) is 15.3. The van der Waals surface area contributed by atoms with Crippen LogP contribution in [0, 0.1) is 12.7 Å². The van der Waals surface area contributed by atoms with Crippen molar-refractivity contribution in [2.75, 3.05) is 36.8 Å². The van der Waals surface area contributed by atoms with E-state index < -0.39 is 11.9 Å². The van der Waals surface area contributed by atoms with Gasteiger partial charge in [0.1, 0.15) is 5.82 Å². The fraction of sp³-hybridized carbons (Fsp3) is 0.364. The standard InChI is InChI=1S/C22H26FN7O2/c1-14-19-12-18(13-24-20(19)28(3)27-14)26-22(32)30-9-7-29(8-10-30)15(2)21(31)25-17-6-4-5-16(23)11-17/h4-6,11-13,15H,7-10H2,1-3H3,(H,25,31)(H,26,32). The molecule has 32 heavy (non-hydrogen) atoms. The number of halogens is 1. The van der Waals surface area contributed by atoms with Crippen LogP contribution in [-0.4, -0.2) is 68.7 Å². The van der Waals surface area contributed by atoms with Crippen LogP contribution in [-0.2, 0) is 11.8 Å². The summed E-state index contributed by atoms with van der Waals surface area (Å²) in [6, 6.07) is 7.08. The van der Waals surface area contributed by atoms with Gasteiger partial charge in [0.25, 0.3) is 0 Å². The lowest BCUT2D eigenvalue weighted by Crippen LogP contribution is -2.54. The average Bonchev–Trinajstić information content (AvgIpc) is 3.06. The van der Waals surface area contributed by atoms with E-state index in [9.17, 15) is 14.0 Å². The van der Waals surface area contributed by atoms with Crippen LogP contribution < -0.4 is 10.6 Å². The smallest absolute Gasteiger partial charge is 0.321 e. The number of aryl methyl sites for hydroxylation is 2. The zero-order valence-corrected chi connectivity index (χ0v) is 18.3. The zero-order chi connectivity index (χ0) is 22.8. The van der Waals surface area contributed by atoms with E-state index >= 15 is 0 Å². The molecule has 0 radical (unpaired) electrons. The predicted molar refractivity (Wildman–Crippen MR) is 120 cm³/mol. The van der Waals surface area contributed by atoms with Crippen LogP contribution >= 0.6 is 0 Å². The molecule has 4 rings (SSSR count). The van der Waals surface area contributed by atoms with Gasteiger partial charge in [-0.25, -0.2) is 14.2 Å². The lowest BCUT2D eigenvalue weighted by molar-refractivity contribution is -0.121. The Morgan fingerprint density at radius 1 is 1.09 bits per heavy atom. The molecule has 2 N–H and O–H groups in total. The third kappa shape index (κ3) is 4.54. The third-order valence-corrected chi connectivity index (χ3v) is 5.74. The van der Waals surface area contributed by atoms with Gasteiger partial charge in [0, 0.05) is 44.3 Å². The Balaban J connectivity index is 1.31. The lowest BCUT2D eigenvalue weighted by Gasteiger charge is -2.37. The van der Waals surface area contributed by atoms with Gasteiger partial charge in [0.05, 0.1) is 23.6 Å². The number of anilines is 2. The molecule has 1 aliphatic heterocycles. The first-order valence-corrected chi connectivity index (χ1v) is 10.5. The fourth-order valence-electron chi connectivity index (χ4n) is 3.87. The summed E-state index contributed by atoms with van der Waals surface area (Å²) in [6.45, 7) is 5.81. The van der Waals surface area contributed by atoms with Crippen molar-refractivity contribution in [1.82, 2.24) is 24.6 Å². The summed E-state index contributed by atoms with van der Waals surface area (Å²) in [5, 5.41) is 10.9. The molecule has 0 aliphatic carbocycles. The first-order valence-electron chi connectivity index (χ1n) is 10.5. The molecule has 1 saturated heterocycles. The number of aromatic nitrogens is 3. The van der Waals surface area contributed by atoms with Crippen molar-refractivity contribution in [1.29, 1.82) is 0 Å². The molecule has 0 bridgehead atoms. The Hall–Kier alpha value is -3.53. The number of urea groups is 1. The van der Waals surface area contributed by atoms with E-state index in [-0.39, 0.29) is 11.9 Å². The molecule has 3 heterocycles. The van der Waals surface area contributed by atoms with Gasteiger partial charge in [-0.3, -0.25) is 14.4 Å². The van der Waals surface area contributed by atoms with E-state index in [0.29, 0.717) is 37.6 Å². The summed E-state index contributed by atoms with van der Waals surface area (Å²) in [6.07, 6.45) is 1.62. The van der Waals surface area contributed by atoms with Crippen molar-refractivity contribution in [3.05, 3.63) is 48.0 Å². The number of hydrogen-bond donors (Lipinski definition) is 2. The van der Waals surface area contributed by atoms with Crippen LogP contribution in [0.3, 0.4) is 0 Å². The van der Waals surface area contributed by atoms with Crippen molar-refractivity contribution in [3.8, 4) is 0 Å². The van der Waals surface area contributed by atoms with Crippen molar-refractivity contribution in [2.24, 2.45) is 7.05 Å². The van der Waals surface area contributed by atoms with Crippen molar-refractivity contribution in [2.45, 2.75) is 19.9 Å². The van der Waals surface area contributed by atoms with Crippen molar-refractivity contribution >= 4 is 34.3 Å². The number of piperazine rings is 1. The van der Waals surface area contributed by atoms with E-state index in [1.54, 1.807) is 27.9 Å². The average molecular weight is 439 g/mol. The molecule has 1 aliphatic rings. The molecule has 0 saturated carbocycles. The maximum absolute atomic E-state index is 13.3. The van der Waals surface area contributed by atoms with Gasteiger partial charge < -0.3 is 15.5 Å². The van der Waals surface area contributed by atoms with E-state index in [1.165, 1.54) is 12.1 Å². The lowest BCUT2D eigenvalue weighted by atomic mass is 10.2. The first kappa shape index (κ1) is 21.7. The molecule has 1 unspecified atom stereocenters. The highest BCUT2D eigenvalue weighted by molar-refractivity contribution is 5.95.